The monoisotopic (exact) mass is 1320 g/mol. The Bertz CT molecular complexity index is 1780. The van der Waals surface area contributed by atoms with Crippen LogP contribution in [0.1, 0.15) is 351 Å². The predicted molar refractivity (Wildman–Crippen MR) is 363 cm³/mol. The molecule has 0 aromatic carbocycles. The number of aliphatic hydroxyl groups is 1. The third-order valence-electron chi connectivity index (χ3n) is 16.7. The standard InChI is InChI=1S/C71H138O17P2/c1-9-64(8)50-42-34-28-30-36-44-52-69(74)82-58-67(88-71(76)54-46-38-29-27-33-41-49-63(6)7)60-86-90(79,80)84-56-65(72)55-83-89(77,78)85-59-66(87-70(75)53-45-37-26-22-24-32-40-48-62(4)5)57-81-68(73)51-43-35-25-21-19-17-15-13-11-10-12-14-16-18-20-23-31-39-47-61(2)3/h61-67,72H,9-60H2,1-8H3,(H,77,78)(H,79,80)/t64?,65-,66-,67-/m1/s1. The van der Waals surface area contributed by atoms with E-state index in [1.165, 1.54) is 148 Å². The van der Waals surface area contributed by atoms with Crippen molar-refractivity contribution in [3.05, 3.63) is 0 Å². The fourth-order valence-corrected chi connectivity index (χ4v) is 12.2. The number of phosphoric ester groups is 2. The Hall–Kier alpha value is -1.94. The molecule has 0 radical (unpaired) electrons. The van der Waals surface area contributed by atoms with Crippen LogP contribution in [0.4, 0.5) is 0 Å². The highest BCUT2D eigenvalue weighted by molar-refractivity contribution is 7.47. The number of esters is 4. The van der Waals surface area contributed by atoms with Crippen molar-refractivity contribution >= 4 is 39.5 Å². The third kappa shape index (κ3) is 63.5. The highest BCUT2D eigenvalue weighted by Crippen LogP contribution is 2.45. The molecular formula is C71H138O17P2. The molecule has 0 rings (SSSR count). The van der Waals surface area contributed by atoms with Gasteiger partial charge in [-0.05, 0) is 49.4 Å². The van der Waals surface area contributed by atoms with Gasteiger partial charge in [-0.25, -0.2) is 9.13 Å². The molecule has 3 N–H and O–H groups in total. The summed E-state index contributed by atoms with van der Waals surface area (Å²) in [5.41, 5.74) is 0. The van der Waals surface area contributed by atoms with Crippen molar-refractivity contribution in [3.63, 3.8) is 0 Å². The van der Waals surface area contributed by atoms with Crippen LogP contribution in [0, 0.1) is 23.7 Å². The first-order valence-electron chi connectivity index (χ1n) is 36.7. The zero-order valence-corrected chi connectivity index (χ0v) is 60.6. The zero-order chi connectivity index (χ0) is 66.8. The van der Waals surface area contributed by atoms with E-state index in [2.05, 4.69) is 55.4 Å². The topological polar surface area (TPSA) is 237 Å². The first-order valence-corrected chi connectivity index (χ1v) is 39.7. The molecule has 0 heterocycles. The lowest BCUT2D eigenvalue weighted by Crippen LogP contribution is -2.30. The smallest absolute Gasteiger partial charge is 0.462 e. The lowest BCUT2D eigenvalue weighted by atomic mass is 10.00. The molecule has 0 saturated heterocycles. The Labute approximate surface area is 549 Å². The highest BCUT2D eigenvalue weighted by Gasteiger charge is 2.30. The number of unbranched alkanes of at least 4 members (excludes halogenated alkanes) is 33. The van der Waals surface area contributed by atoms with E-state index in [0.29, 0.717) is 37.5 Å². The van der Waals surface area contributed by atoms with Crippen molar-refractivity contribution in [2.24, 2.45) is 23.7 Å². The lowest BCUT2D eigenvalue weighted by molar-refractivity contribution is -0.161. The van der Waals surface area contributed by atoms with Gasteiger partial charge in [-0.2, -0.15) is 0 Å². The first kappa shape index (κ1) is 88.1. The van der Waals surface area contributed by atoms with Crippen LogP contribution in [0.5, 0.6) is 0 Å². The molecule has 0 aromatic heterocycles. The second-order valence-electron chi connectivity index (χ2n) is 27.3. The molecule has 0 aliphatic rings. The molecule has 0 fully saturated rings. The summed E-state index contributed by atoms with van der Waals surface area (Å²) in [6.07, 6.45) is 43.6. The van der Waals surface area contributed by atoms with Crippen molar-refractivity contribution in [1.82, 2.24) is 0 Å². The minimum atomic E-state index is -4.95. The Balaban J connectivity index is 5.11. The molecule has 19 heteroatoms. The van der Waals surface area contributed by atoms with Crippen LogP contribution in [-0.4, -0.2) is 96.7 Å². The number of aliphatic hydroxyl groups excluding tert-OH is 1. The summed E-state index contributed by atoms with van der Waals surface area (Å²) >= 11 is 0. The van der Waals surface area contributed by atoms with Gasteiger partial charge in [-0.1, -0.05) is 299 Å². The number of hydrogen-bond donors (Lipinski definition) is 3. The number of hydrogen-bond acceptors (Lipinski definition) is 15. The van der Waals surface area contributed by atoms with Gasteiger partial charge in [0.25, 0.3) is 0 Å². The van der Waals surface area contributed by atoms with Crippen LogP contribution in [0.25, 0.3) is 0 Å². The maximum absolute atomic E-state index is 13.0. The maximum atomic E-state index is 13.0. The van der Waals surface area contributed by atoms with E-state index in [1.54, 1.807) is 0 Å². The molecule has 90 heavy (non-hydrogen) atoms. The number of rotatable bonds is 68. The van der Waals surface area contributed by atoms with E-state index in [1.807, 2.05) is 0 Å². The molecule has 3 unspecified atom stereocenters. The van der Waals surface area contributed by atoms with Crippen LogP contribution in [-0.2, 0) is 65.4 Å². The van der Waals surface area contributed by atoms with Gasteiger partial charge < -0.3 is 33.8 Å². The van der Waals surface area contributed by atoms with E-state index in [0.717, 1.165) is 108 Å². The summed E-state index contributed by atoms with van der Waals surface area (Å²) in [5, 5.41) is 10.6. The van der Waals surface area contributed by atoms with E-state index < -0.39 is 97.5 Å². The average molecular weight is 1330 g/mol. The third-order valence-corrected chi connectivity index (χ3v) is 18.6. The second-order valence-corrected chi connectivity index (χ2v) is 30.2. The first-order chi connectivity index (χ1) is 43.1. The summed E-state index contributed by atoms with van der Waals surface area (Å²) < 4.78 is 68.2. The SMILES string of the molecule is CCC(C)CCCCCCCCC(=O)OC[C@H](COP(=O)(O)OC[C@H](O)COP(=O)(O)OC[C@@H](COC(=O)CCCCCCCCCCCCCCCCCCCCC(C)C)OC(=O)CCCCCCCCCC(C)C)OC(=O)CCCCCCCCC(C)C. The van der Waals surface area contributed by atoms with Gasteiger partial charge in [-0.15, -0.1) is 0 Å². The van der Waals surface area contributed by atoms with Gasteiger partial charge in [0.05, 0.1) is 26.4 Å². The predicted octanol–water partition coefficient (Wildman–Crippen LogP) is 20.1. The van der Waals surface area contributed by atoms with Crippen LogP contribution >= 0.6 is 15.6 Å². The number of carbonyl (C=O) groups excluding carboxylic acids is 4. The average Bonchev–Trinajstić information content (AvgIpc) is 3.00. The van der Waals surface area contributed by atoms with Crippen molar-refractivity contribution < 1.29 is 80.2 Å². The molecule has 0 aliphatic heterocycles. The summed E-state index contributed by atoms with van der Waals surface area (Å²) in [6, 6.07) is 0. The largest absolute Gasteiger partial charge is 0.472 e. The van der Waals surface area contributed by atoms with Gasteiger partial charge >= 0.3 is 39.5 Å². The molecule has 534 valence electrons. The minimum absolute atomic E-state index is 0.101. The summed E-state index contributed by atoms with van der Waals surface area (Å²) in [7, 11) is -9.90. The Morgan fingerprint density at radius 1 is 0.311 bits per heavy atom. The number of carbonyl (C=O) groups is 4. The minimum Gasteiger partial charge on any atom is -0.462 e. The van der Waals surface area contributed by atoms with Crippen LogP contribution in [0.2, 0.25) is 0 Å². The molecular weight excluding hydrogens is 1190 g/mol. The van der Waals surface area contributed by atoms with Gasteiger partial charge in [0.2, 0.25) is 0 Å². The van der Waals surface area contributed by atoms with E-state index >= 15 is 0 Å². The van der Waals surface area contributed by atoms with Crippen LogP contribution < -0.4 is 0 Å². The molecule has 0 amide bonds. The van der Waals surface area contributed by atoms with E-state index in [-0.39, 0.29) is 25.7 Å². The normalized spacial score (nSPS) is 14.6. The Kier molecular flexibility index (Phi) is 59.4. The fourth-order valence-electron chi connectivity index (χ4n) is 10.6. The van der Waals surface area contributed by atoms with E-state index in [4.69, 9.17) is 37.0 Å². The fraction of sp³-hybridized carbons (Fsp3) is 0.944. The highest BCUT2D eigenvalue weighted by atomic mass is 31.2. The summed E-state index contributed by atoms with van der Waals surface area (Å²) in [5.74, 6) is 0.782. The van der Waals surface area contributed by atoms with Gasteiger partial charge in [0.15, 0.2) is 12.2 Å². The molecule has 0 spiro atoms. The van der Waals surface area contributed by atoms with Gasteiger partial charge in [0, 0.05) is 25.7 Å². The van der Waals surface area contributed by atoms with Crippen LogP contribution in [0.15, 0.2) is 0 Å². The molecule has 0 aromatic rings. The summed E-state index contributed by atoms with van der Waals surface area (Å²) in [6.45, 7) is 14.0. The number of phosphoric acid groups is 2. The van der Waals surface area contributed by atoms with E-state index in [9.17, 15) is 43.2 Å². The zero-order valence-electron chi connectivity index (χ0n) is 58.8. The van der Waals surface area contributed by atoms with Crippen molar-refractivity contribution in [2.75, 3.05) is 39.6 Å². The van der Waals surface area contributed by atoms with Crippen molar-refractivity contribution in [3.8, 4) is 0 Å². The molecule has 0 aliphatic carbocycles. The van der Waals surface area contributed by atoms with Crippen LogP contribution in [0.3, 0.4) is 0 Å². The molecule has 17 nitrogen and oxygen atoms in total. The Morgan fingerprint density at radius 3 is 0.789 bits per heavy atom. The van der Waals surface area contributed by atoms with Gasteiger partial charge in [-0.3, -0.25) is 37.3 Å². The molecule has 6 atom stereocenters. The Morgan fingerprint density at radius 2 is 0.533 bits per heavy atom. The van der Waals surface area contributed by atoms with Crippen molar-refractivity contribution in [1.29, 1.82) is 0 Å². The maximum Gasteiger partial charge on any atom is 0.472 e. The second kappa shape index (κ2) is 60.7. The van der Waals surface area contributed by atoms with Crippen molar-refractivity contribution in [2.45, 2.75) is 369 Å². The molecule has 0 saturated carbocycles. The quantitative estimate of drug-likeness (QED) is 0.0222. The number of ether oxygens (including phenoxy) is 4. The van der Waals surface area contributed by atoms with Gasteiger partial charge in [0.1, 0.15) is 19.3 Å². The molecule has 0 bridgehead atoms. The summed E-state index contributed by atoms with van der Waals surface area (Å²) in [4.78, 5) is 72.4. The lowest BCUT2D eigenvalue weighted by Gasteiger charge is -2.21.